The van der Waals surface area contributed by atoms with E-state index >= 15 is 0 Å². The Kier molecular flexibility index (Phi) is 5.31. The number of aryl methyl sites for hydroxylation is 1. The molecule has 0 unspecified atom stereocenters. The quantitative estimate of drug-likeness (QED) is 0.791. The average Bonchev–Trinajstić information content (AvgIpc) is 2.14. The van der Waals surface area contributed by atoms with E-state index in [0.29, 0.717) is 5.82 Å². The molecule has 0 aromatic carbocycles. The molecule has 0 radical (unpaired) electrons. The van der Waals surface area contributed by atoms with Crippen LogP contribution in [-0.2, 0) is 6.54 Å². The Morgan fingerprint density at radius 3 is 2.47 bits per heavy atom. The van der Waals surface area contributed by atoms with E-state index < -0.39 is 0 Å². The van der Waals surface area contributed by atoms with E-state index in [1.807, 2.05) is 6.92 Å². The van der Waals surface area contributed by atoms with Crippen LogP contribution in [0.4, 0.5) is 5.82 Å². The van der Waals surface area contributed by atoms with Crippen LogP contribution in [-0.4, -0.2) is 54.0 Å². The molecular weight excluding hydrogens is 214 g/mol. The first-order valence-electron chi connectivity index (χ1n) is 5.90. The summed E-state index contributed by atoms with van der Waals surface area (Å²) in [5.74, 6) is 1.35. The molecule has 1 aromatic heterocycles. The summed E-state index contributed by atoms with van der Waals surface area (Å²) in [5, 5.41) is 0. The molecule has 1 aromatic rings. The first kappa shape index (κ1) is 13.9. The SMILES string of the molecule is Cc1cc(N)nc(CN(C)CCCN(C)C)n1. The maximum Gasteiger partial charge on any atom is 0.144 e. The fourth-order valence-electron chi connectivity index (χ4n) is 1.70. The van der Waals surface area contributed by atoms with E-state index in [0.717, 1.165) is 37.6 Å². The van der Waals surface area contributed by atoms with E-state index in [4.69, 9.17) is 5.73 Å². The summed E-state index contributed by atoms with van der Waals surface area (Å²) < 4.78 is 0. The van der Waals surface area contributed by atoms with Crippen molar-refractivity contribution < 1.29 is 0 Å². The van der Waals surface area contributed by atoms with Crippen molar-refractivity contribution in [1.29, 1.82) is 0 Å². The van der Waals surface area contributed by atoms with Crippen LogP contribution in [0, 0.1) is 6.92 Å². The van der Waals surface area contributed by atoms with Crippen LogP contribution in [0.15, 0.2) is 6.07 Å². The van der Waals surface area contributed by atoms with Crippen LogP contribution in [0.5, 0.6) is 0 Å². The first-order chi connectivity index (χ1) is 7.97. The van der Waals surface area contributed by atoms with Gasteiger partial charge in [-0.3, -0.25) is 4.90 Å². The van der Waals surface area contributed by atoms with E-state index in [1.165, 1.54) is 0 Å². The number of anilines is 1. The number of nitrogens with two attached hydrogens (primary N) is 1. The number of hydrogen-bond acceptors (Lipinski definition) is 5. The summed E-state index contributed by atoms with van der Waals surface area (Å²) in [6.45, 7) is 4.82. The third-order valence-corrected chi connectivity index (χ3v) is 2.48. The number of rotatable bonds is 6. The summed E-state index contributed by atoms with van der Waals surface area (Å²) in [6.07, 6.45) is 1.14. The average molecular weight is 237 g/mol. The van der Waals surface area contributed by atoms with Crippen LogP contribution in [0.3, 0.4) is 0 Å². The second-order valence-corrected chi connectivity index (χ2v) is 4.75. The molecular formula is C12H23N5. The molecule has 0 amide bonds. The molecule has 0 saturated heterocycles. The zero-order valence-corrected chi connectivity index (χ0v) is 11.3. The van der Waals surface area contributed by atoms with Crippen LogP contribution in [0.2, 0.25) is 0 Å². The van der Waals surface area contributed by atoms with E-state index in [2.05, 4.69) is 40.9 Å². The molecule has 0 fully saturated rings. The highest BCUT2D eigenvalue weighted by molar-refractivity contribution is 5.29. The van der Waals surface area contributed by atoms with Crippen molar-refractivity contribution in [3.05, 3.63) is 17.6 Å². The molecule has 96 valence electrons. The van der Waals surface area contributed by atoms with Crippen molar-refractivity contribution in [2.45, 2.75) is 19.9 Å². The number of hydrogen-bond donors (Lipinski definition) is 1. The normalized spacial score (nSPS) is 11.4. The van der Waals surface area contributed by atoms with Crippen LogP contribution < -0.4 is 5.73 Å². The lowest BCUT2D eigenvalue weighted by atomic mass is 10.3. The van der Waals surface area contributed by atoms with Gasteiger partial charge < -0.3 is 10.6 Å². The van der Waals surface area contributed by atoms with Gasteiger partial charge in [0.15, 0.2) is 0 Å². The first-order valence-corrected chi connectivity index (χ1v) is 5.90. The lowest BCUT2D eigenvalue weighted by molar-refractivity contribution is 0.289. The second-order valence-electron chi connectivity index (χ2n) is 4.75. The highest BCUT2D eigenvalue weighted by Crippen LogP contribution is 2.04. The summed E-state index contributed by atoms with van der Waals surface area (Å²) in [6, 6.07) is 1.79. The molecule has 0 bridgehead atoms. The van der Waals surface area contributed by atoms with Gasteiger partial charge in [-0.05, 0) is 47.6 Å². The molecule has 1 heterocycles. The Balaban J connectivity index is 2.42. The Morgan fingerprint density at radius 1 is 1.18 bits per heavy atom. The van der Waals surface area contributed by atoms with E-state index in [1.54, 1.807) is 6.07 Å². The van der Waals surface area contributed by atoms with Crippen molar-refractivity contribution in [2.24, 2.45) is 0 Å². The fraction of sp³-hybridized carbons (Fsp3) is 0.667. The highest BCUT2D eigenvalue weighted by atomic mass is 15.1. The zero-order valence-electron chi connectivity index (χ0n) is 11.3. The van der Waals surface area contributed by atoms with E-state index in [9.17, 15) is 0 Å². The molecule has 0 saturated carbocycles. The van der Waals surface area contributed by atoms with Crippen LogP contribution >= 0.6 is 0 Å². The highest BCUT2D eigenvalue weighted by Gasteiger charge is 2.04. The maximum absolute atomic E-state index is 5.70. The van der Waals surface area contributed by atoms with E-state index in [-0.39, 0.29) is 0 Å². The topological polar surface area (TPSA) is 58.3 Å². The third-order valence-electron chi connectivity index (χ3n) is 2.48. The summed E-state index contributed by atoms with van der Waals surface area (Å²) in [7, 11) is 6.26. The Labute approximate surface area is 104 Å². The molecule has 0 atom stereocenters. The standard InChI is InChI=1S/C12H23N5/c1-10-8-11(13)15-12(14-10)9-17(4)7-5-6-16(2)3/h8H,5-7,9H2,1-4H3,(H2,13,14,15). The van der Waals surface area contributed by atoms with Crippen LogP contribution in [0.1, 0.15) is 17.9 Å². The monoisotopic (exact) mass is 237 g/mol. The molecule has 0 spiro atoms. The van der Waals surface area contributed by atoms with Gasteiger partial charge in [0.25, 0.3) is 0 Å². The van der Waals surface area contributed by atoms with Gasteiger partial charge >= 0.3 is 0 Å². The summed E-state index contributed by atoms with van der Waals surface area (Å²) >= 11 is 0. The summed E-state index contributed by atoms with van der Waals surface area (Å²) in [5.41, 5.74) is 6.62. The van der Waals surface area contributed by atoms with Gasteiger partial charge in [-0.15, -0.1) is 0 Å². The second kappa shape index (κ2) is 6.51. The lowest BCUT2D eigenvalue weighted by Gasteiger charge is -2.17. The van der Waals surface area contributed by atoms with Crippen molar-refractivity contribution in [1.82, 2.24) is 19.8 Å². The lowest BCUT2D eigenvalue weighted by Crippen LogP contribution is -2.24. The molecule has 0 aliphatic heterocycles. The smallest absolute Gasteiger partial charge is 0.144 e. The number of nitrogens with zero attached hydrogens (tertiary/aromatic N) is 4. The molecule has 17 heavy (non-hydrogen) atoms. The zero-order chi connectivity index (χ0) is 12.8. The molecule has 2 N–H and O–H groups in total. The van der Waals surface area contributed by atoms with Gasteiger partial charge in [-0.1, -0.05) is 0 Å². The molecule has 0 aliphatic rings. The van der Waals surface area contributed by atoms with Gasteiger partial charge in [0.05, 0.1) is 6.54 Å². The molecule has 0 aliphatic carbocycles. The number of nitrogen functional groups attached to an aromatic ring is 1. The largest absolute Gasteiger partial charge is 0.384 e. The Morgan fingerprint density at radius 2 is 1.88 bits per heavy atom. The number of aromatic nitrogens is 2. The minimum absolute atomic E-state index is 0.550. The van der Waals surface area contributed by atoms with Crippen LogP contribution in [0.25, 0.3) is 0 Å². The van der Waals surface area contributed by atoms with Gasteiger partial charge in [0.1, 0.15) is 11.6 Å². The predicted molar refractivity (Wildman–Crippen MR) is 70.7 cm³/mol. The maximum atomic E-state index is 5.70. The summed E-state index contributed by atoms with van der Waals surface area (Å²) in [4.78, 5) is 13.0. The van der Waals surface area contributed by atoms with Crippen molar-refractivity contribution >= 4 is 5.82 Å². The predicted octanol–water partition coefficient (Wildman–Crippen LogP) is 0.751. The van der Waals surface area contributed by atoms with Gasteiger partial charge in [0.2, 0.25) is 0 Å². The Hall–Kier alpha value is -1.20. The van der Waals surface area contributed by atoms with Crippen molar-refractivity contribution in [3.8, 4) is 0 Å². The fourth-order valence-corrected chi connectivity index (χ4v) is 1.70. The molecule has 5 nitrogen and oxygen atoms in total. The molecule has 1 rings (SSSR count). The third kappa shape index (κ3) is 5.60. The Bertz CT molecular complexity index is 330. The minimum Gasteiger partial charge on any atom is -0.384 e. The minimum atomic E-state index is 0.550. The van der Waals surface area contributed by atoms with Gasteiger partial charge in [0, 0.05) is 11.8 Å². The van der Waals surface area contributed by atoms with Gasteiger partial charge in [-0.25, -0.2) is 9.97 Å². The molecule has 5 heteroatoms. The van der Waals surface area contributed by atoms with Crippen molar-refractivity contribution in [3.63, 3.8) is 0 Å². The van der Waals surface area contributed by atoms with Crippen molar-refractivity contribution in [2.75, 3.05) is 40.0 Å². The van der Waals surface area contributed by atoms with Gasteiger partial charge in [-0.2, -0.15) is 0 Å².